The Hall–Kier alpha value is -4.00. The zero-order chi connectivity index (χ0) is 19.9. The average molecular weight is 376 g/mol. The number of nitrogens with one attached hydrogen (secondary N) is 1. The summed E-state index contributed by atoms with van der Waals surface area (Å²) in [6.07, 6.45) is 0. The summed E-state index contributed by atoms with van der Waals surface area (Å²) in [4.78, 5) is 34.7. The van der Waals surface area contributed by atoms with Crippen LogP contribution in [-0.2, 0) is 11.3 Å². The Morgan fingerprint density at radius 2 is 1.61 bits per heavy atom. The molecule has 7 nitrogen and oxygen atoms in total. The summed E-state index contributed by atoms with van der Waals surface area (Å²) in [5, 5.41) is 13.3. The lowest BCUT2D eigenvalue weighted by Crippen LogP contribution is -2.13. The van der Waals surface area contributed by atoms with Crippen molar-refractivity contribution in [2.24, 2.45) is 0 Å². The second kappa shape index (κ2) is 8.59. The fraction of sp³-hybridized carbons (Fsp3) is 0.0476. The van der Waals surface area contributed by atoms with Gasteiger partial charge in [-0.25, -0.2) is 4.79 Å². The summed E-state index contributed by atoms with van der Waals surface area (Å²) in [5.41, 5.74) is 1.76. The van der Waals surface area contributed by atoms with Crippen molar-refractivity contribution in [2.75, 3.05) is 5.32 Å². The normalized spacial score (nSPS) is 10.1. The number of nitro groups is 1. The molecule has 7 heteroatoms. The molecule has 28 heavy (non-hydrogen) atoms. The minimum absolute atomic E-state index is 0.0975. The summed E-state index contributed by atoms with van der Waals surface area (Å²) < 4.78 is 5.28. The number of nitrogens with zero attached hydrogens (tertiary/aromatic N) is 1. The zero-order valence-electron chi connectivity index (χ0n) is 14.7. The zero-order valence-corrected chi connectivity index (χ0v) is 14.7. The number of amides is 1. The molecule has 0 heterocycles. The summed E-state index contributed by atoms with van der Waals surface area (Å²) in [6.45, 7) is 0.152. The van der Waals surface area contributed by atoms with Gasteiger partial charge in [0.25, 0.3) is 11.6 Å². The standard InChI is InChI=1S/C21H16N2O5/c24-20(16-9-11-19(12-10-16)23(26)27)22-18-8-4-7-17(13-18)21(25)28-14-15-5-2-1-3-6-15/h1-13H,14H2,(H,22,24). The molecule has 0 fully saturated rings. The highest BCUT2D eigenvalue weighted by molar-refractivity contribution is 6.05. The maximum atomic E-state index is 12.3. The molecule has 3 aromatic rings. The van der Waals surface area contributed by atoms with E-state index in [0.29, 0.717) is 11.3 Å². The van der Waals surface area contributed by atoms with Gasteiger partial charge in [-0.3, -0.25) is 14.9 Å². The highest BCUT2D eigenvalue weighted by Gasteiger charge is 2.12. The summed E-state index contributed by atoms with van der Waals surface area (Å²) in [5.74, 6) is -0.944. The number of nitro benzene ring substituents is 1. The summed E-state index contributed by atoms with van der Waals surface area (Å²) in [6, 6.07) is 20.9. The van der Waals surface area contributed by atoms with E-state index in [4.69, 9.17) is 4.74 Å². The van der Waals surface area contributed by atoms with Gasteiger partial charge in [-0.05, 0) is 35.9 Å². The van der Waals surface area contributed by atoms with E-state index >= 15 is 0 Å². The molecule has 0 radical (unpaired) electrons. The largest absolute Gasteiger partial charge is 0.457 e. The molecule has 0 aliphatic rings. The monoisotopic (exact) mass is 376 g/mol. The van der Waals surface area contributed by atoms with Crippen LogP contribution in [-0.4, -0.2) is 16.8 Å². The third kappa shape index (κ3) is 4.79. The van der Waals surface area contributed by atoms with Crippen molar-refractivity contribution in [2.45, 2.75) is 6.61 Å². The number of ether oxygens (including phenoxy) is 1. The predicted molar refractivity (Wildman–Crippen MR) is 103 cm³/mol. The quantitative estimate of drug-likeness (QED) is 0.395. The van der Waals surface area contributed by atoms with Crippen LogP contribution in [0.15, 0.2) is 78.9 Å². The number of benzene rings is 3. The van der Waals surface area contributed by atoms with E-state index in [1.165, 1.54) is 30.3 Å². The Bertz CT molecular complexity index is 1000. The lowest BCUT2D eigenvalue weighted by Gasteiger charge is -2.08. The minimum Gasteiger partial charge on any atom is -0.457 e. The number of carbonyl (C=O) groups is 2. The number of hydrogen-bond donors (Lipinski definition) is 1. The van der Waals surface area contributed by atoms with Crippen molar-refractivity contribution in [3.05, 3.63) is 106 Å². The van der Waals surface area contributed by atoms with Crippen molar-refractivity contribution in [1.82, 2.24) is 0 Å². The maximum absolute atomic E-state index is 12.3. The van der Waals surface area contributed by atoms with E-state index < -0.39 is 16.8 Å². The molecular weight excluding hydrogens is 360 g/mol. The summed E-state index contributed by atoms with van der Waals surface area (Å²) in [7, 11) is 0. The Labute approximate surface area is 160 Å². The van der Waals surface area contributed by atoms with Gasteiger partial charge in [-0.15, -0.1) is 0 Å². The first-order valence-electron chi connectivity index (χ1n) is 8.40. The number of non-ortho nitro benzene ring substituents is 1. The fourth-order valence-electron chi connectivity index (χ4n) is 2.47. The molecule has 0 aliphatic heterocycles. The van der Waals surface area contributed by atoms with Gasteiger partial charge >= 0.3 is 5.97 Å². The molecule has 0 aliphatic carbocycles. The second-order valence-corrected chi connectivity index (χ2v) is 5.90. The first-order chi connectivity index (χ1) is 13.5. The number of hydrogen-bond acceptors (Lipinski definition) is 5. The Morgan fingerprint density at radius 1 is 0.893 bits per heavy atom. The van der Waals surface area contributed by atoms with E-state index in [-0.39, 0.29) is 17.9 Å². The molecule has 3 aromatic carbocycles. The van der Waals surface area contributed by atoms with E-state index in [9.17, 15) is 19.7 Å². The molecule has 3 rings (SSSR count). The van der Waals surface area contributed by atoms with Crippen molar-refractivity contribution >= 4 is 23.3 Å². The molecule has 0 aromatic heterocycles. The highest BCUT2D eigenvalue weighted by atomic mass is 16.6. The van der Waals surface area contributed by atoms with Gasteiger partial charge in [0.2, 0.25) is 0 Å². The van der Waals surface area contributed by atoms with E-state index in [1.54, 1.807) is 18.2 Å². The Balaban J connectivity index is 1.64. The molecule has 1 N–H and O–H groups in total. The minimum atomic E-state index is -0.536. The van der Waals surface area contributed by atoms with Crippen molar-refractivity contribution in [3.63, 3.8) is 0 Å². The molecule has 0 bridgehead atoms. The van der Waals surface area contributed by atoms with Crippen LogP contribution in [0.5, 0.6) is 0 Å². The van der Waals surface area contributed by atoms with Crippen LogP contribution in [0.25, 0.3) is 0 Å². The topological polar surface area (TPSA) is 98.5 Å². The van der Waals surface area contributed by atoms with Gasteiger partial charge < -0.3 is 10.1 Å². The maximum Gasteiger partial charge on any atom is 0.338 e. The van der Waals surface area contributed by atoms with Crippen LogP contribution in [0.3, 0.4) is 0 Å². The molecular formula is C21H16N2O5. The smallest absolute Gasteiger partial charge is 0.338 e. The van der Waals surface area contributed by atoms with Crippen LogP contribution in [0.4, 0.5) is 11.4 Å². The van der Waals surface area contributed by atoms with Crippen LogP contribution in [0.1, 0.15) is 26.3 Å². The number of esters is 1. The number of anilines is 1. The van der Waals surface area contributed by atoms with Crippen LogP contribution >= 0.6 is 0 Å². The highest BCUT2D eigenvalue weighted by Crippen LogP contribution is 2.16. The van der Waals surface area contributed by atoms with Crippen LogP contribution in [0.2, 0.25) is 0 Å². The summed E-state index contributed by atoms with van der Waals surface area (Å²) >= 11 is 0. The first kappa shape index (κ1) is 18.8. The van der Waals surface area contributed by atoms with Crippen LogP contribution in [0, 0.1) is 10.1 Å². The van der Waals surface area contributed by atoms with Gasteiger partial charge in [0.1, 0.15) is 6.61 Å². The molecule has 0 atom stereocenters. The van der Waals surface area contributed by atoms with Gasteiger partial charge in [0.05, 0.1) is 10.5 Å². The fourth-order valence-corrected chi connectivity index (χ4v) is 2.47. The van der Waals surface area contributed by atoms with E-state index in [2.05, 4.69) is 5.32 Å². The lowest BCUT2D eigenvalue weighted by molar-refractivity contribution is -0.384. The van der Waals surface area contributed by atoms with E-state index in [0.717, 1.165) is 5.56 Å². The SMILES string of the molecule is O=C(Nc1cccc(C(=O)OCc2ccccc2)c1)c1ccc([N+](=O)[O-])cc1. The number of rotatable bonds is 6. The average Bonchev–Trinajstić information content (AvgIpc) is 2.73. The predicted octanol–water partition coefficient (Wildman–Crippen LogP) is 4.20. The van der Waals surface area contributed by atoms with Gasteiger partial charge in [0.15, 0.2) is 0 Å². The van der Waals surface area contributed by atoms with Crippen LogP contribution < -0.4 is 5.32 Å². The molecule has 0 saturated carbocycles. The van der Waals surface area contributed by atoms with Gasteiger partial charge in [-0.1, -0.05) is 36.4 Å². The van der Waals surface area contributed by atoms with Crippen molar-refractivity contribution in [1.29, 1.82) is 0 Å². The molecule has 0 unspecified atom stereocenters. The third-order valence-electron chi connectivity index (χ3n) is 3.91. The van der Waals surface area contributed by atoms with Gasteiger partial charge in [0, 0.05) is 23.4 Å². The van der Waals surface area contributed by atoms with Gasteiger partial charge in [-0.2, -0.15) is 0 Å². The van der Waals surface area contributed by atoms with E-state index in [1.807, 2.05) is 30.3 Å². The number of carbonyl (C=O) groups excluding carboxylic acids is 2. The Morgan fingerprint density at radius 3 is 2.29 bits per heavy atom. The lowest BCUT2D eigenvalue weighted by atomic mass is 10.1. The first-order valence-corrected chi connectivity index (χ1v) is 8.40. The molecule has 1 amide bonds. The molecule has 140 valence electrons. The third-order valence-corrected chi connectivity index (χ3v) is 3.91. The molecule has 0 spiro atoms. The molecule has 0 saturated heterocycles. The second-order valence-electron chi connectivity index (χ2n) is 5.90. The van der Waals surface area contributed by atoms with Crippen molar-refractivity contribution < 1.29 is 19.2 Å². The Kier molecular flexibility index (Phi) is 5.76. The van der Waals surface area contributed by atoms with Crippen molar-refractivity contribution in [3.8, 4) is 0 Å².